The second-order valence-corrected chi connectivity index (χ2v) is 10.6. The number of nitrogens with zero attached hydrogens (tertiary/aromatic N) is 5. The van der Waals surface area contributed by atoms with Crippen molar-refractivity contribution in [2.24, 2.45) is 17.2 Å². The van der Waals surface area contributed by atoms with Crippen molar-refractivity contribution in [1.82, 2.24) is 15.0 Å². The Morgan fingerprint density at radius 1 is 1.00 bits per heavy atom. The molecule has 13 nitrogen and oxygen atoms in total. The number of piperidine rings is 1. The summed E-state index contributed by atoms with van der Waals surface area (Å²) < 4.78 is 0. The maximum absolute atomic E-state index is 12.6. The quantitative estimate of drug-likeness (QED) is 0.199. The highest BCUT2D eigenvalue weighted by molar-refractivity contribution is 6.30. The predicted octanol–water partition coefficient (Wildman–Crippen LogP) is 0.989. The first-order valence-electron chi connectivity index (χ1n) is 13.0. The minimum Gasteiger partial charge on any atom is -0.506 e. The Balaban J connectivity index is 1.40. The minimum atomic E-state index is -0.547. The maximum Gasteiger partial charge on any atom is 0.255 e. The van der Waals surface area contributed by atoms with E-state index in [0.29, 0.717) is 67.2 Å². The van der Waals surface area contributed by atoms with E-state index in [9.17, 15) is 15.0 Å². The molecule has 4 atom stereocenters. The van der Waals surface area contributed by atoms with Gasteiger partial charge in [0.1, 0.15) is 5.75 Å². The molecule has 40 heavy (non-hydrogen) atoms. The van der Waals surface area contributed by atoms with Gasteiger partial charge in [0.25, 0.3) is 5.91 Å². The van der Waals surface area contributed by atoms with E-state index in [-0.39, 0.29) is 41.4 Å². The molecule has 2 aliphatic heterocycles. The number of carbonyl (C=O) groups excluding carboxylic acids is 1. The number of anilines is 5. The largest absolute Gasteiger partial charge is 0.506 e. The van der Waals surface area contributed by atoms with Crippen LogP contribution in [-0.4, -0.2) is 81.5 Å². The lowest BCUT2D eigenvalue weighted by molar-refractivity contribution is 0.102. The number of hydrogen-bond donors (Lipinski definition) is 7. The number of rotatable bonds is 7. The monoisotopic (exact) mass is 568 g/mol. The lowest BCUT2D eigenvalue weighted by atomic mass is 10.0. The van der Waals surface area contributed by atoms with Crippen LogP contribution >= 0.6 is 11.6 Å². The Kier molecular flexibility index (Phi) is 8.19. The summed E-state index contributed by atoms with van der Waals surface area (Å²) in [5.41, 5.74) is 19.5. The molecular weight excluding hydrogens is 536 g/mol. The zero-order valence-corrected chi connectivity index (χ0v) is 22.5. The summed E-state index contributed by atoms with van der Waals surface area (Å²) in [7, 11) is 0. The Bertz CT molecular complexity index is 1350. The molecular formula is C26H33ClN10O3. The van der Waals surface area contributed by atoms with E-state index in [2.05, 4.69) is 25.6 Å². The lowest BCUT2D eigenvalue weighted by Crippen LogP contribution is -2.53. The van der Waals surface area contributed by atoms with Gasteiger partial charge in [-0.2, -0.15) is 15.0 Å². The van der Waals surface area contributed by atoms with Crippen LogP contribution in [0.4, 0.5) is 29.2 Å². The number of aliphatic hydroxyl groups excluding tert-OH is 1. The molecule has 3 heterocycles. The molecule has 2 saturated heterocycles. The highest BCUT2D eigenvalue weighted by Crippen LogP contribution is 2.30. The first kappa shape index (κ1) is 27.8. The molecule has 0 unspecified atom stereocenters. The van der Waals surface area contributed by atoms with E-state index >= 15 is 0 Å². The molecule has 0 bridgehead atoms. The summed E-state index contributed by atoms with van der Waals surface area (Å²) >= 11 is 5.89. The maximum atomic E-state index is 12.6. The normalized spacial score (nSPS) is 22.8. The smallest absolute Gasteiger partial charge is 0.255 e. The van der Waals surface area contributed by atoms with Crippen molar-refractivity contribution in [3.05, 3.63) is 53.1 Å². The van der Waals surface area contributed by atoms with Crippen molar-refractivity contribution < 1.29 is 15.0 Å². The van der Waals surface area contributed by atoms with Gasteiger partial charge >= 0.3 is 0 Å². The molecule has 10 N–H and O–H groups in total. The van der Waals surface area contributed by atoms with Crippen molar-refractivity contribution in [3.8, 4) is 5.75 Å². The van der Waals surface area contributed by atoms with Gasteiger partial charge in [0.2, 0.25) is 17.8 Å². The molecule has 0 saturated carbocycles. The van der Waals surface area contributed by atoms with E-state index in [1.807, 2.05) is 9.80 Å². The first-order chi connectivity index (χ1) is 19.2. The topological polar surface area (TPSA) is 205 Å². The second kappa shape index (κ2) is 11.8. The van der Waals surface area contributed by atoms with E-state index in [4.69, 9.17) is 28.8 Å². The standard InChI is InChI=1S/C26H33ClN10O3/c27-15-3-1-14(2-4-15)23(40)32-21-6-5-18(8-22(21)39)31-24-33-25(36-11-16(29)7-17(30)12-36)35-26(34-24)37-13-20(38)9-19(37)10-28/h1-6,8,16-17,19-20,38-39H,7,9-13,28-30H2,(H,32,40)(H,31,33,34,35)/t16-,17+,19-,20-/m0/s1. The van der Waals surface area contributed by atoms with Crippen LogP contribution in [0.15, 0.2) is 42.5 Å². The third-order valence-electron chi connectivity index (χ3n) is 6.94. The van der Waals surface area contributed by atoms with E-state index in [1.165, 1.54) is 6.07 Å². The highest BCUT2D eigenvalue weighted by atomic mass is 35.5. The van der Waals surface area contributed by atoms with Crippen LogP contribution in [0, 0.1) is 0 Å². The number of nitrogens with two attached hydrogens (primary N) is 3. The number of phenols is 1. The fourth-order valence-electron chi connectivity index (χ4n) is 5.02. The van der Waals surface area contributed by atoms with Crippen LogP contribution in [0.1, 0.15) is 23.2 Å². The van der Waals surface area contributed by atoms with Gasteiger partial charge in [-0.3, -0.25) is 4.79 Å². The Morgan fingerprint density at radius 2 is 1.70 bits per heavy atom. The number of phenolic OH excluding ortho intramolecular Hbond substituents is 1. The second-order valence-electron chi connectivity index (χ2n) is 10.2. The van der Waals surface area contributed by atoms with Crippen LogP contribution < -0.4 is 37.6 Å². The summed E-state index contributed by atoms with van der Waals surface area (Å²) in [6.07, 6.45) is 0.666. The van der Waals surface area contributed by atoms with Crippen molar-refractivity contribution >= 4 is 46.7 Å². The van der Waals surface area contributed by atoms with E-state index < -0.39 is 6.10 Å². The zero-order valence-electron chi connectivity index (χ0n) is 21.7. The van der Waals surface area contributed by atoms with Crippen molar-refractivity contribution in [1.29, 1.82) is 0 Å². The number of aromatic nitrogens is 3. The summed E-state index contributed by atoms with van der Waals surface area (Å²) in [6.45, 7) is 1.73. The number of benzene rings is 2. The molecule has 2 fully saturated rings. The Hall–Kier alpha value is -3.75. The van der Waals surface area contributed by atoms with Gasteiger partial charge in [-0.25, -0.2) is 0 Å². The molecule has 2 aromatic carbocycles. The molecule has 5 rings (SSSR count). The van der Waals surface area contributed by atoms with E-state index in [1.54, 1.807) is 36.4 Å². The van der Waals surface area contributed by atoms with Gasteiger partial charge < -0.3 is 47.8 Å². The van der Waals surface area contributed by atoms with Gasteiger partial charge in [0.05, 0.1) is 11.8 Å². The molecule has 3 aromatic rings. The van der Waals surface area contributed by atoms with Gasteiger partial charge in [-0.05, 0) is 49.2 Å². The highest BCUT2D eigenvalue weighted by Gasteiger charge is 2.33. The molecule has 1 aromatic heterocycles. The van der Waals surface area contributed by atoms with Crippen LogP contribution in [0.3, 0.4) is 0 Å². The van der Waals surface area contributed by atoms with Crippen LogP contribution in [0.25, 0.3) is 0 Å². The first-order valence-corrected chi connectivity index (χ1v) is 13.4. The molecule has 14 heteroatoms. The average molecular weight is 569 g/mol. The number of halogens is 1. The van der Waals surface area contributed by atoms with Crippen LogP contribution in [0.5, 0.6) is 5.75 Å². The van der Waals surface area contributed by atoms with Gasteiger partial charge in [-0.1, -0.05) is 11.6 Å². The number of aromatic hydroxyl groups is 1. The molecule has 2 aliphatic rings. The van der Waals surface area contributed by atoms with Crippen molar-refractivity contribution in [2.45, 2.75) is 37.1 Å². The van der Waals surface area contributed by atoms with Crippen LogP contribution in [-0.2, 0) is 0 Å². The predicted molar refractivity (Wildman–Crippen MR) is 154 cm³/mol. The third kappa shape index (κ3) is 6.35. The third-order valence-corrected chi connectivity index (χ3v) is 7.19. The number of β-amino-alcohol motifs (C(OH)–C–C–N with tert-alkyl or cyclic N) is 1. The van der Waals surface area contributed by atoms with Crippen molar-refractivity contribution in [3.63, 3.8) is 0 Å². The summed E-state index contributed by atoms with van der Waals surface area (Å²) in [5, 5.41) is 27.2. The Labute approximate surface area is 236 Å². The lowest BCUT2D eigenvalue weighted by Gasteiger charge is -2.35. The zero-order chi connectivity index (χ0) is 28.4. The number of amides is 1. The number of hydrogen-bond acceptors (Lipinski definition) is 12. The summed E-state index contributed by atoms with van der Waals surface area (Å²) in [4.78, 5) is 30.3. The molecule has 1 amide bonds. The van der Waals surface area contributed by atoms with Crippen LogP contribution in [0.2, 0.25) is 5.02 Å². The number of nitrogens with one attached hydrogen (secondary N) is 2. The minimum absolute atomic E-state index is 0.127. The molecule has 212 valence electrons. The Morgan fingerprint density at radius 3 is 2.38 bits per heavy atom. The van der Waals surface area contributed by atoms with Crippen molar-refractivity contribution in [2.75, 3.05) is 46.6 Å². The SMILES string of the molecule is NC[C@@H]1C[C@H](O)CN1c1nc(Nc2ccc(NC(=O)c3ccc(Cl)cc3)c(O)c2)nc(N2C[C@H](N)C[C@H](N)C2)n1. The van der Waals surface area contributed by atoms with Gasteiger partial charge in [0.15, 0.2) is 0 Å². The number of carbonyl (C=O) groups is 1. The molecule has 0 spiro atoms. The fraction of sp³-hybridized carbons (Fsp3) is 0.385. The average Bonchev–Trinajstić information content (AvgIpc) is 3.30. The van der Waals surface area contributed by atoms with Gasteiger partial charge in [0, 0.05) is 66.6 Å². The van der Waals surface area contributed by atoms with E-state index in [0.717, 1.165) is 0 Å². The molecule has 0 radical (unpaired) electrons. The number of aliphatic hydroxyl groups is 1. The van der Waals surface area contributed by atoms with Gasteiger partial charge in [-0.15, -0.1) is 0 Å². The fourth-order valence-corrected chi connectivity index (χ4v) is 5.15. The summed E-state index contributed by atoms with van der Waals surface area (Å²) in [6, 6.07) is 10.7. The molecule has 0 aliphatic carbocycles. The summed E-state index contributed by atoms with van der Waals surface area (Å²) in [5.74, 6) is 0.442.